The van der Waals surface area contributed by atoms with E-state index in [2.05, 4.69) is 21.2 Å². The molecule has 0 radical (unpaired) electrons. The maximum atomic E-state index is 10.4. The average molecular weight is 349 g/mol. The van der Waals surface area contributed by atoms with Gasteiger partial charge in [0.2, 0.25) is 0 Å². The number of aryl methyl sites for hydroxylation is 1. The average Bonchev–Trinajstić information content (AvgIpc) is 2.93. The topological polar surface area (TPSA) is 64.3 Å². The van der Waals surface area contributed by atoms with E-state index in [0.29, 0.717) is 6.54 Å². The van der Waals surface area contributed by atoms with Gasteiger partial charge in [0.15, 0.2) is 0 Å². The van der Waals surface area contributed by atoms with Crippen LogP contribution in [0.1, 0.15) is 36.8 Å². The Hall–Kier alpha value is -2.27. The number of ether oxygens (including phenoxy) is 1. The Morgan fingerprint density at radius 2 is 2.21 bits per heavy atom. The monoisotopic (exact) mass is 348 g/mol. The number of unbranched alkanes of at least 4 members (excludes halogenated alkanes) is 1. The molecule has 1 N–H and O–H groups in total. The summed E-state index contributed by atoms with van der Waals surface area (Å²) in [6.07, 6.45) is 7.04. The number of benzene rings is 1. The van der Waals surface area contributed by atoms with Crippen LogP contribution in [0.3, 0.4) is 0 Å². The molecule has 0 aliphatic heterocycles. The summed E-state index contributed by atoms with van der Waals surface area (Å²) in [6.45, 7) is 2.78. The number of hydrogen-bond donors (Lipinski definition) is 1. The molecule has 0 saturated heterocycles. The minimum atomic E-state index is -1.28. The van der Waals surface area contributed by atoms with E-state index in [1.54, 1.807) is 12.3 Å². The number of imidazole rings is 1. The van der Waals surface area contributed by atoms with Crippen molar-refractivity contribution in [1.82, 2.24) is 9.55 Å². The smallest absolute Gasteiger partial charge is 0.450 e. The number of rotatable bonds is 8. The molecule has 0 atom stereocenters. The Morgan fingerprint density at radius 1 is 1.42 bits per heavy atom. The highest BCUT2D eigenvalue weighted by molar-refractivity contribution is 6.31. The van der Waals surface area contributed by atoms with Gasteiger partial charge >= 0.3 is 6.16 Å². The second-order valence-electron chi connectivity index (χ2n) is 5.36. The van der Waals surface area contributed by atoms with Gasteiger partial charge in [-0.2, -0.15) is 0 Å². The summed E-state index contributed by atoms with van der Waals surface area (Å²) in [4.78, 5) is 14.9. The van der Waals surface area contributed by atoms with Crippen molar-refractivity contribution in [1.29, 1.82) is 0 Å². The highest BCUT2D eigenvalue weighted by Crippen LogP contribution is 2.19. The molecule has 1 heterocycles. The fourth-order valence-corrected chi connectivity index (χ4v) is 2.56. The van der Waals surface area contributed by atoms with Gasteiger partial charge < -0.3 is 14.4 Å². The van der Waals surface area contributed by atoms with Gasteiger partial charge in [0.1, 0.15) is 12.4 Å². The Kier molecular flexibility index (Phi) is 6.88. The Labute approximate surface area is 146 Å². The molecule has 0 saturated carbocycles. The third-order valence-electron chi connectivity index (χ3n) is 3.60. The lowest BCUT2D eigenvalue weighted by molar-refractivity contribution is 0.102. The Balaban J connectivity index is 2.22. The van der Waals surface area contributed by atoms with Crippen LogP contribution in [0.25, 0.3) is 6.08 Å². The second kappa shape index (κ2) is 9.13. The summed E-state index contributed by atoms with van der Waals surface area (Å²) in [7, 11) is 0. The van der Waals surface area contributed by atoms with Crippen LogP contribution in [0.4, 0.5) is 4.79 Å². The zero-order chi connectivity index (χ0) is 17.4. The van der Waals surface area contributed by atoms with Crippen molar-refractivity contribution in [3.63, 3.8) is 0 Å². The van der Waals surface area contributed by atoms with Crippen molar-refractivity contribution in [2.75, 3.05) is 6.61 Å². The summed E-state index contributed by atoms with van der Waals surface area (Å²) in [5, 5.41) is 9.22. The molecule has 2 aromatic rings. The van der Waals surface area contributed by atoms with Gasteiger partial charge in [-0.3, -0.25) is 0 Å². The first-order chi connectivity index (χ1) is 11.6. The number of carboxylic acid groups (broad SMARTS) is 1. The van der Waals surface area contributed by atoms with Gasteiger partial charge in [-0.15, -0.1) is 0 Å². The van der Waals surface area contributed by atoms with E-state index in [1.165, 1.54) is 0 Å². The number of hydrogen-bond acceptors (Lipinski definition) is 3. The lowest BCUT2D eigenvalue weighted by Gasteiger charge is -2.11. The van der Waals surface area contributed by atoms with Gasteiger partial charge in [-0.25, -0.2) is 9.78 Å². The van der Waals surface area contributed by atoms with Gasteiger partial charge in [0, 0.05) is 11.4 Å². The highest BCUT2D eigenvalue weighted by Gasteiger charge is 2.10. The molecule has 128 valence electrons. The second-order valence-corrected chi connectivity index (χ2v) is 5.77. The predicted molar refractivity (Wildman–Crippen MR) is 94.4 cm³/mol. The van der Waals surface area contributed by atoms with Gasteiger partial charge in [-0.05, 0) is 30.2 Å². The predicted octanol–water partition coefficient (Wildman–Crippen LogP) is 4.64. The van der Waals surface area contributed by atoms with E-state index in [9.17, 15) is 4.79 Å². The fraction of sp³-hybridized carbons (Fsp3) is 0.333. The molecule has 0 spiro atoms. The number of halogens is 1. The molecule has 0 aliphatic carbocycles. The van der Waals surface area contributed by atoms with E-state index in [-0.39, 0.29) is 6.61 Å². The Bertz CT molecular complexity index is 710. The van der Waals surface area contributed by atoms with Crippen LogP contribution in [-0.4, -0.2) is 27.4 Å². The molecule has 0 fully saturated rings. The molecular formula is C18H21ClN2O3. The summed E-state index contributed by atoms with van der Waals surface area (Å²) in [5.41, 5.74) is 1.92. The van der Waals surface area contributed by atoms with Crippen molar-refractivity contribution in [2.24, 2.45) is 0 Å². The zero-order valence-electron chi connectivity index (χ0n) is 13.6. The van der Waals surface area contributed by atoms with E-state index in [0.717, 1.165) is 41.4 Å². The maximum Gasteiger partial charge on any atom is 0.506 e. The normalized spacial score (nSPS) is 11.1. The molecule has 1 aromatic carbocycles. The van der Waals surface area contributed by atoms with E-state index in [4.69, 9.17) is 16.7 Å². The highest BCUT2D eigenvalue weighted by atomic mass is 35.5. The minimum Gasteiger partial charge on any atom is -0.450 e. The molecule has 0 unspecified atom stereocenters. The zero-order valence-corrected chi connectivity index (χ0v) is 14.4. The maximum absolute atomic E-state index is 10.4. The molecule has 24 heavy (non-hydrogen) atoms. The lowest BCUT2D eigenvalue weighted by atomic mass is 10.2. The lowest BCUT2D eigenvalue weighted by Crippen LogP contribution is -2.08. The molecule has 0 amide bonds. The fourth-order valence-electron chi connectivity index (χ4n) is 2.36. The molecule has 0 aliphatic rings. The van der Waals surface area contributed by atoms with Crippen LogP contribution in [0, 0.1) is 0 Å². The third kappa shape index (κ3) is 5.13. The quantitative estimate of drug-likeness (QED) is 0.706. The van der Waals surface area contributed by atoms with Crippen LogP contribution >= 0.6 is 11.6 Å². The number of carbonyl (C=O) groups is 1. The molecule has 0 bridgehead atoms. The molecule has 5 nitrogen and oxygen atoms in total. The first-order valence-corrected chi connectivity index (χ1v) is 8.29. The van der Waals surface area contributed by atoms with E-state index >= 15 is 0 Å². The summed E-state index contributed by atoms with van der Waals surface area (Å²) in [6, 6.07) is 7.73. The van der Waals surface area contributed by atoms with Gasteiger partial charge in [0.25, 0.3) is 0 Å². The first kappa shape index (κ1) is 18.1. The van der Waals surface area contributed by atoms with Crippen LogP contribution in [-0.2, 0) is 17.7 Å². The summed E-state index contributed by atoms with van der Waals surface area (Å²) < 4.78 is 6.60. The summed E-state index contributed by atoms with van der Waals surface area (Å²) in [5.74, 6) is 0.996. The molecule has 1 aromatic heterocycles. The van der Waals surface area contributed by atoms with Crippen LogP contribution < -0.4 is 0 Å². The van der Waals surface area contributed by atoms with Crippen molar-refractivity contribution in [3.8, 4) is 0 Å². The number of nitrogens with zero attached hydrogens (tertiary/aromatic N) is 2. The molecule has 2 rings (SSSR count). The minimum absolute atomic E-state index is 0.0108. The van der Waals surface area contributed by atoms with Crippen LogP contribution in [0.2, 0.25) is 5.02 Å². The van der Waals surface area contributed by atoms with Crippen LogP contribution in [0.15, 0.2) is 36.5 Å². The Morgan fingerprint density at radius 3 is 2.92 bits per heavy atom. The van der Waals surface area contributed by atoms with Crippen molar-refractivity contribution in [2.45, 2.75) is 32.7 Å². The van der Waals surface area contributed by atoms with Crippen molar-refractivity contribution < 1.29 is 14.6 Å². The van der Waals surface area contributed by atoms with E-state index < -0.39 is 6.16 Å². The third-order valence-corrected chi connectivity index (χ3v) is 3.97. The van der Waals surface area contributed by atoms with Crippen LogP contribution in [0.5, 0.6) is 0 Å². The van der Waals surface area contributed by atoms with E-state index in [1.807, 2.05) is 30.3 Å². The number of aromatic nitrogens is 2. The largest absolute Gasteiger partial charge is 0.506 e. The van der Waals surface area contributed by atoms with Crippen molar-refractivity contribution >= 4 is 23.8 Å². The van der Waals surface area contributed by atoms with Gasteiger partial charge in [0.05, 0.1) is 18.4 Å². The van der Waals surface area contributed by atoms with Crippen molar-refractivity contribution in [3.05, 3.63) is 58.6 Å². The van der Waals surface area contributed by atoms with Gasteiger partial charge in [-0.1, -0.05) is 43.1 Å². The standard InChI is InChI=1S/C18H21ClN2O3/c1-2-3-10-17-20-12-15(8-6-11-24-18(22)23)21(17)13-14-7-4-5-9-16(14)19/h4-9,12H,2-3,10-11,13H2,1H3,(H,22,23)/b8-6+. The first-order valence-electron chi connectivity index (χ1n) is 7.92. The SMILES string of the molecule is CCCCc1ncc(/C=C/COC(=O)O)n1Cc1ccccc1Cl. The summed E-state index contributed by atoms with van der Waals surface area (Å²) >= 11 is 6.27. The molecule has 6 heteroatoms. The molecular weight excluding hydrogens is 328 g/mol.